The molecule has 3 nitrogen and oxygen atoms in total. The summed E-state index contributed by atoms with van der Waals surface area (Å²) in [5.41, 5.74) is 1.14. The van der Waals surface area contributed by atoms with E-state index in [2.05, 4.69) is 0 Å². The molecule has 0 spiro atoms. The molecule has 0 bridgehead atoms. The van der Waals surface area contributed by atoms with Crippen LogP contribution in [-0.2, 0) is 11.2 Å². The lowest BCUT2D eigenvalue weighted by Gasteiger charge is -2.10. The number of amides is 1. The van der Waals surface area contributed by atoms with Gasteiger partial charge in [-0.05, 0) is 17.7 Å². The standard InChI is InChI=1S/C10H8FNO2/c1-12-9(14)4-7-2-6(5-13)3-8(11)10(7)12/h2-3,5H,4H2,1H3. The number of anilines is 1. The van der Waals surface area contributed by atoms with Gasteiger partial charge in [-0.1, -0.05) is 0 Å². The van der Waals surface area contributed by atoms with E-state index in [-0.39, 0.29) is 17.9 Å². The number of halogens is 1. The van der Waals surface area contributed by atoms with Crippen LogP contribution in [0.3, 0.4) is 0 Å². The third kappa shape index (κ3) is 1.11. The minimum absolute atomic E-state index is 0.151. The molecule has 14 heavy (non-hydrogen) atoms. The lowest BCUT2D eigenvalue weighted by molar-refractivity contribution is -0.117. The van der Waals surface area contributed by atoms with E-state index in [1.165, 1.54) is 11.9 Å². The second-order valence-electron chi connectivity index (χ2n) is 3.26. The maximum absolute atomic E-state index is 13.4. The van der Waals surface area contributed by atoms with Crippen molar-refractivity contribution in [1.29, 1.82) is 0 Å². The van der Waals surface area contributed by atoms with Crippen molar-refractivity contribution in [3.8, 4) is 0 Å². The first-order chi connectivity index (χ1) is 6.63. The Morgan fingerprint density at radius 2 is 2.21 bits per heavy atom. The highest BCUT2D eigenvalue weighted by molar-refractivity contribution is 6.01. The van der Waals surface area contributed by atoms with Crippen molar-refractivity contribution in [2.45, 2.75) is 6.42 Å². The van der Waals surface area contributed by atoms with E-state index in [1.807, 2.05) is 0 Å². The summed E-state index contributed by atoms with van der Waals surface area (Å²) >= 11 is 0. The molecule has 0 saturated carbocycles. The number of aldehydes is 1. The molecule has 0 unspecified atom stereocenters. The summed E-state index contributed by atoms with van der Waals surface area (Å²) in [5, 5.41) is 0. The van der Waals surface area contributed by atoms with Crippen LogP contribution < -0.4 is 4.90 Å². The number of carbonyl (C=O) groups is 2. The second-order valence-corrected chi connectivity index (χ2v) is 3.26. The van der Waals surface area contributed by atoms with Crippen LogP contribution in [0.15, 0.2) is 12.1 Å². The summed E-state index contributed by atoms with van der Waals surface area (Å²) in [6, 6.07) is 2.69. The summed E-state index contributed by atoms with van der Waals surface area (Å²) < 4.78 is 13.4. The van der Waals surface area contributed by atoms with Gasteiger partial charge in [0.1, 0.15) is 12.1 Å². The monoisotopic (exact) mass is 193 g/mol. The Bertz CT molecular complexity index is 428. The van der Waals surface area contributed by atoms with Gasteiger partial charge in [0.2, 0.25) is 5.91 Å². The number of nitrogens with zero attached hydrogens (tertiary/aromatic N) is 1. The molecule has 0 radical (unpaired) electrons. The van der Waals surface area contributed by atoms with Gasteiger partial charge < -0.3 is 4.90 Å². The number of rotatable bonds is 1. The van der Waals surface area contributed by atoms with E-state index in [4.69, 9.17) is 0 Å². The first-order valence-corrected chi connectivity index (χ1v) is 4.17. The smallest absolute Gasteiger partial charge is 0.231 e. The molecule has 1 aromatic carbocycles. The van der Waals surface area contributed by atoms with Crippen LogP contribution in [0, 0.1) is 5.82 Å². The van der Waals surface area contributed by atoms with Gasteiger partial charge in [0, 0.05) is 12.6 Å². The Labute approximate surface area is 80.1 Å². The molecule has 0 atom stereocenters. The third-order valence-corrected chi connectivity index (χ3v) is 2.35. The zero-order valence-electron chi connectivity index (χ0n) is 7.58. The highest BCUT2D eigenvalue weighted by Gasteiger charge is 2.27. The summed E-state index contributed by atoms with van der Waals surface area (Å²) in [5.74, 6) is -0.667. The van der Waals surface area contributed by atoms with Crippen molar-refractivity contribution in [1.82, 2.24) is 0 Å². The van der Waals surface area contributed by atoms with Crippen LogP contribution in [0.25, 0.3) is 0 Å². The number of benzene rings is 1. The van der Waals surface area contributed by atoms with Crippen LogP contribution in [0.2, 0.25) is 0 Å². The van der Waals surface area contributed by atoms with E-state index in [0.29, 0.717) is 17.5 Å². The number of hydrogen-bond acceptors (Lipinski definition) is 2. The number of likely N-dealkylation sites (N-methyl/N-ethyl adjacent to an activating group) is 1. The largest absolute Gasteiger partial charge is 0.312 e. The van der Waals surface area contributed by atoms with E-state index in [0.717, 1.165) is 6.07 Å². The Hall–Kier alpha value is -1.71. The molecular formula is C10H8FNO2. The predicted molar refractivity (Wildman–Crippen MR) is 48.9 cm³/mol. The molecule has 0 aliphatic carbocycles. The Morgan fingerprint density at radius 3 is 2.86 bits per heavy atom. The molecule has 2 rings (SSSR count). The zero-order valence-corrected chi connectivity index (χ0v) is 7.58. The fourth-order valence-electron chi connectivity index (χ4n) is 1.66. The fraction of sp³-hybridized carbons (Fsp3) is 0.200. The van der Waals surface area contributed by atoms with Crippen LogP contribution in [0.4, 0.5) is 10.1 Å². The van der Waals surface area contributed by atoms with Crippen LogP contribution in [0.1, 0.15) is 15.9 Å². The van der Waals surface area contributed by atoms with Crippen molar-refractivity contribution < 1.29 is 14.0 Å². The highest BCUT2D eigenvalue weighted by Crippen LogP contribution is 2.31. The molecule has 1 heterocycles. The maximum Gasteiger partial charge on any atom is 0.231 e. The average molecular weight is 193 g/mol. The molecule has 0 N–H and O–H groups in total. The summed E-state index contributed by atoms with van der Waals surface area (Å²) in [4.78, 5) is 23.0. The minimum Gasteiger partial charge on any atom is -0.312 e. The number of hydrogen-bond donors (Lipinski definition) is 0. The van der Waals surface area contributed by atoms with Gasteiger partial charge in [0.05, 0.1) is 12.1 Å². The fourth-order valence-corrected chi connectivity index (χ4v) is 1.66. The van der Waals surface area contributed by atoms with Gasteiger partial charge in [-0.25, -0.2) is 4.39 Å². The minimum atomic E-state index is -0.516. The quantitative estimate of drug-likeness (QED) is 0.627. The van der Waals surface area contributed by atoms with Gasteiger partial charge >= 0.3 is 0 Å². The van der Waals surface area contributed by atoms with Gasteiger partial charge in [-0.15, -0.1) is 0 Å². The molecular weight excluding hydrogens is 185 g/mol. The van der Waals surface area contributed by atoms with Gasteiger partial charge in [-0.2, -0.15) is 0 Å². The topological polar surface area (TPSA) is 37.4 Å². The zero-order chi connectivity index (χ0) is 10.3. The molecule has 4 heteroatoms. The molecule has 1 aliphatic rings. The molecule has 1 aliphatic heterocycles. The van der Waals surface area contributed by atoms with E-state index in [1.54, 1.807) is 6.07 Å². The Balaban J connectivity index is 2.62. The van der Waals surface area contributed by atoms with Gasteiger partial charge in [0.25, 0.3) is 0 Å². The van der Waals surface area contributed by atoms with Crippen molar-refractivity contribution in [2.24, 2.45) is 0 Å². The van der Waals surface area contributed by atoms with Crippen molar-refractivity contribution in [2.75, 3.05) is 11.9 Å². The lowest BCUT2D eigenvalue weighted by atomic mass is 10.1. The van der Waals surface area contributed by atoms with Gasteiger partial charge in [-0.3, -0.25) is 9.59 Å². The molecule has 72 valence electrons. The Morgan fingerprint density at radius 1 is 1.50 bits per heavy atom. The second kappa shape index (κ2) is 2.90. The maximum atomic E-state index is 13.4. The molecule has 1 amide bonds. The SMILES string of the molecule is CN1C(=O)Cc2cc(C=O)cc(F)c21. The summed E-state index contributed by atoms with van der Waals surface area (Å²) in [7, 11) is 1.53. The number of fused-ring (bicyclic) bond motifs is 1. The Kier molecular flexibility index (Phi) is 1.84. The van der Waals surface area contributed by atoms with Crippen LogP contribution in [0.5, 0.6) is 0 Å². The predicted octanol–water partition coefficient (Wildman–Crippen LogP) is 1.16. The normalized spacial score (nSPS) is 14.4. The molecule has 1 aromatic rings. The first kappa shape index (κ1) is 8.87. The third-order valence-electron chi connectivity index (χ3n) is 2.35. The van der Waals surface area contributed by atoms with Crippen LogP contribution in [-0.4, -0.2) is 19.2 Å². The average Bonchev–Trinajstić information content (AvgIpc) is 2.43. The van der Waals surface area contributed by atoms with Crippen molar-refractivity contribution in [3.63, 3.8) is 0 Å². The van der Waals surface area contributed by atoms with Crippen LogP contribution >= 0.6 is 0 Å². The van der Waals surface area contributed by atoms with E-state index in [9.17, 15) is 14.0 Å². The van der Waals surface area contributed by atoms with E-state index >= 15 is 0 Å². The van der Waals surface area contributed by atoms with Gasteiger partial charge in [0.15, 0.2) is 0 Å². The molecule has 0 fully saturated rings. The summed E-state index contributed by atoms with van der Waals surface area (Å²) in [6.07, 6.45) is 0.747. The van der Waals surface area contributed by atoms with Crippen molar-refractivity contribution >= 4 is 17.9 Å². The first-order valence-electron chi connectivity index (χ1n) is 4.17. The van der Waals surface area contributed by atoms with Crippen molar-refractivity contribution in [3.05, 3.63) is 29.1 Å². The van der Waals surface area contributed by atoms with E-state index < -0.39 is 5.82 Å². The lowest BCUT2D eigenvalue weighted by Crippen LogP contribution is -2.21. The molecule has 0 aromatic heterocycles. The summed E-state index contributed by atoms with van der Waals surface area (Å²) in [6.45, 7) is 0. The highest BCUT2D eigenvalue weighted by atomic mass is 19.1. The molecule has 0 saturated heterocycles. The number of carbonyl (C=O) groups excluding carboxylic acids is 2.